The number of benzene rings is 2. The number of halogens is 3. The van der Waals surface area contributed by atoms with E-state index in [1.807, 2.05) is 57.4 Å². The maximum atomic E-state index is 14.0. The normalized spacial score (nSPS) is 30.6. The first-order chi connectivity index (χ1) is 31.2. The van der Waals surface area contributed by atoms with Crippen LogP contribution >= 0.6 is 12.4 Å². The molecule has 16 heteroatoms. The number of nitrogens with one attached hydrogen (secondary N) is 1. The molecule has 8 rings (SSSR count). The van der Waals surface area contributed by atoms with Crippen LogP contribution in [0.25, 0.3) is 0 Å². The van der Waals surface area contributed by atoms with Crippen molar-refractivity contribution in [1.29, 1.82) is 0 Å². The van der Waals surface area contributed by atoms with E-state index in [4.69, 9.17) is 33.2 Å². The summed E-state index contributed by atoms with van der Waals surface area (Å²) in [6, 6.07) is 14.8. The van der Waals surface area contributed by atoms with Gasteiger partial charge in [0, 0.05) is 68.7 Å². The number of carbonyl (C=O) groups is 2. The Bertz CT molecular complexity index is 1870. The Balaban J connectivity index is 0.000000190. The summed E-state index contributed by atoms with van der Waals surface area (Å²) in [7, 11) is 4.95. The second-order valence-corrected chi connectivity index (χ2v) is 21.6. The van der Waals surface area contributed by atoms with Gasteiger partial charge < -0.3 is 53.4 Å². The van der Waals surface area contributed by atoms with E-state index in [0.717, 1.165) is 38.5 Å². The monoisotopic (exact) mass is 966 g/mol. The molecule has 2 aromatic rings. The van der Waals surface area contributed by atoms with E-state index >= 15 is 0 Å². The smallest absolute Gasteiger partial charge is 0.410 e. The van der Waals surface area contributed by atoms with E-state index in [1.54, 1.807) is 51.7 Å². The number of piperidine rings is 3. The van der Waals surface area contributed by atoms with E-state index in [9.17, 15) is 23.5 Å². The van der Waals surface area contributed by atoms with Crippen molar-refractivity contribution in [2.24, 2.45) is 0 Å². The van der Waals surface area contributed by atoms with Gasteiger partial charge in [-0.05, 0) is 131 Å². The van der Waals surface area contributed by atoms with Gasteiger partial charge in [-0.15, -0.1) is 12.4 Å². The Hall–Kier alpha value is -3.15. The lowest BCUT2D eigenvalue weighted by Crippen LogP contribution is -2.56. The molecule has 0 saturated carbocycles. The number of carbonyl (C=O) groups excluding carboxylic acids is 2. The number of hydrogen-bond donors (Lipinski definition) is 2. The fraction of sp³-hybridized carbons (Fsp3) is 0.725. The topological polar surface area (TPSA) is 137 Å². The van der Waals surface area contributed by atoms with Crippen LogP contribution in [0.2, 0.25) is 0 Å². The first kappa shape index (κ1) is 54.8. The molecular formula is C51H78ClF2N3O10. The predicted octanol–water partition coefficient (Wildman–Crippen LogP) is 9.28. The molecular weight excluding hydrogens is 888 g/mol. The number of nitrogens with zero attached hydrogens (tertiary/aromatic N) is 2. The molecule has 6 heterocycles. The van der Waals surface area contributed by atoms with Crippen LogP contribution < -0.4 is 5.32 Å². The van der Waals surface area contributed by atoms with Crippen molar-refractivity contribution in [3.63, 3.8) is 0 Å². The maximum Gasteiger partial charge on any atom is 0.410 e. The molecule has 0 aromatic heterocycles. The zero-order valence-corrected chi connectivity index (χ0v) is 42.1. The summed E-state index contributed by atoms with van der Waals surface area (Å²) in [4.78, 5) is 28.6. The third-order valence-electron chi connectivity index (χ3n) is 13.7. The van der Waals surface area contributed by atoms with Crippen LogP contribution in [0.5, 0.6) is 0 Å². The molecule has 378 valence electrons. The van der Waals surface area contributed by atoms with Crippen LogP contribution in [0, 0.1) is 11.6 Å². The first-order valence-corrected chi connectivity index (χ1v) is 23.9. The molecule has 67 heavy (non-hydrogen) atoms. The first-order valence-electron chi connectivity index (χ1n) is 23.9. The fourth-order valence-electron chi connectivity index (χ4n) is 11.2. The lowest BCUT2D eigenvalue weighted by molar-refractivity contribution is -0.141. The number of aliphatic hydroxyl groups is 1. The van der Waals surface area contributed by atoms with Crippen LogP contribution in [-0.2, 0) is 46.4 Å². The Morgan fingerprint density at radius 2 is 0.955 bits per heavy atom. The van der Waals surface area contributed by atoms with Gasteiger partial charge in [-0.25, -0.2) is 18.4 Å². The van der Waals surface area contributed by atoms with Gasteiger partial charge in [0.15, 0.2) is 0 Å². The summed E-state index contributed by atoms with van der Waals surface area (Å²) >= 11 is 0. The third kappa shape index (κ3) is 14.7. The van der Waals surface area contributed by atoms with Crippen molar-refractivity contribution in [3.8, 4) is 0 Å². The Kier molecular flexibility index (Phi) is 19.0. The van der Waals surface area contributed by atoms with Crippen molar-refractivity contribution in [1.82, 2.24) is 15.1 Å². The number of amides is 2. The molecule has 6 atom stereocenters. The fourth-order valence-corrected chi connectivity index (χ4v) is 11.2. The zero-order valence-electron chi connectivity index (χ0n) is 41.3. The Morgan fingerprint density at radius 1 is 0.597 bits per heavy atom. The molecule has 6 saturated heterocycles. The van der Waals surface area contributed by atoms with E-state index in [1.165, 1.54) is 25.0 Å². The zero-order chi connectivity index (χ0) is 47.9. The van der Waals surface area contributed by atoms with Crippen LogP contribution in [0.3, 0.4) is 0 Å². The van der Waals surface area contributed by atoms with E-state index in [0.29, 0.717) is 75.3 Å². The molecule has 6 unspecified atom stereocenters. The SMILES string of the molecule is COCC1(O)CC2CCC(C1)N2C(=O)OC(C)(C)C.COCC1(OCc2ccccc2F)CC2CCC(C1)N2.COCC1(OCc2ccccc2F)CC2CCC(C1)N2C(=O)OC(C)(C)C.Cl. The van der Waals surface area contributed by atoms with Gasteiger partial charge in [0.05, 0.1) is 49.8 Å². The predicted molar refractivity (Wildman–Crippen MR) is 253 cm³/mol. The summed E-state index contributed by atoms with van der Waals surface area (Å²) in [5.41, 5.74) is -1.41. The van der Waals surface area contributed by atoms with Crippen molar-refractivity contribution in [3.05, 3.63) is 71.3 Å². The second-order valence-electron chi connectivity index (χ2n) is 21.6. The molecule has 6 fully saturated rings. The standard InChI is InChI=1S/C21H30FNO4.C16H22FNO2.C14H25NO4.ClH/c1-20(2,3)27-19(24)23-16-9-10-17(23)12-21(11-16,14-25-4)26-13-15-7-5-6-8-18(15)22;1-19-11-16(8-13-6-7-14(9-16)18-13)20-10-12-4-2-3-5-15(12)17;1-13(2,3)19-12(16)15-10-5-6-11(15)8-14(17,7-10)9-18-4;/h5-8,16-17H,9-14H2,1-4H3;2-5,13-14,18H,6-11H2,1H3;10-11,17H,5-9H2,1-4H3;1H. The van der Waals surface area contributed by atoms with Gasteiger partial charge in [-0.2, -0.15) is 0 Å². The molecule has 13 nitrogen and oxygen atoms in total. The molecule has 0 spiro atoms. The van der Waals surface area contributed by atoms with Gasteiger partial charge in [-0.3, -0.25) is 0 Å². The van der Waals surface area contributed by atoms with Crippen LogP contribution in [0.1, 0.15) is 130 Å². The third-order valence-corrected chi connectivity index (χ3v) is 13.7. The van der Waals surface area contributed by atoms with E-state index in [-0.39, 0.29) is 72.6 Å². The summed E-state index contributed by atoms with van der Waals surface area (Å²) in [5.74, 6) is -0.462. The highest BCUT2D eigenvalue weighted by Gasteiger charge is 2.53. The summed E-state index contributed by atoms with van der Waals surface area (Å²) in [6.07, 6.45) is 10.1. The van der Waals surface area contributed by atoms with E-state index in [2.05, 4.69) is 5.32 Å². The highest BCUT2D eigenvalue weighted by molar-refractivity contribution is 5.85. The number of hydrogen-bond acceptors (Lipinski definition) is 11. The highest BCUT2D eigenvalue weighted by atomic mass is 35.5. The van der Waals surface area contributed by atoms with Crippen molar-refractivity contribution in [2.45, 2.75) is 196 Å². The van der Waals surface area contributed by atoms with Gasteiger partial charge in [0.1, 0.15) is 22.8 Å². The quantitative estimate of drug-likeness (QED) is 0.211. The average molecular weight is 967 g/mol. The van der Waals surface area contributed by atoms with Crippen LogP contribution in [-0.4, -0.2) is 132 Å². The number of ether oxygens (including phenoxy) is 7. The van der Waals surface area contributed by atoms with Gasteiger partial charge in [-0.1, -0.05) is 36.4 Å². The molecule has 2 aromatic carbocycles. The molecule has 6 bridgehead atoms. The molecule has 6 aliphatic rings. The second kappa shape index (κ2) is 23.2. The minimum absolute atomic E-state index is 0. The molecule has 0 aliphatic carbocycles. The van der Waals surface area contributed by atoms with Crippen molar-refractivity contribution >= 4 is 24.6 Å². The van der Waals surface area contributed by atoms with Crippen LogP contribution in [0.4, 0.5) is 18.4 Å². The lowest BCUT2D eigenvalue weighted by Gasteiger charge is -2.46. The van der Waals surface area contributed by atoms with Gasteiger partial charge in [0.2, 0.25) is 0 Å². The lowest BCUT2D eigenvalue weighted by atomic mass is 9.86. The molecule has 0 radical (unpaired) electrons. The van der Waals surface area contributed by atoms with E-state index < -0.39 is 22.4 Å². The van der Waals surface area contributed by atoms with Gasteiger partial charge in [0.25, 0.3) is 0 Å². The maximum absolute atomic E-state index is 14.0. The molecule has 2 N–H and O–H groups in total. The van der Waals surface area contributed by atoms with Gasteiger partial charge >= 0.3 is 12.2 Å². The van der Waals surface area contributed by atoms with Crippen molar-refractivity contribution in [2.75, 3.05) is 41.2 Å². The summed E-state index contributed by atoms with van der Waals surface area (Å²) < 4.78 is 67.0. The minimum Gasteiger partial charge on any atom is -0.444 e. The molecule has 2 amide bonds. The summed E-state index contributed by atoms with van der Waals surface area (Å²) in [6.45, 7) is 13.1. The summed E-state index contributed by atoms with van der Waals surface area (Å²) in [5, 5.41) is 14.1. The van der Waals surface area contributed by atoms with Crippen molar-refractivity contribution < 1.29 is 56.6 Å². The van der Waals surface area contributed by atoms with Crippen LogP contribution in [0.15, 0.2) is 48.5 Å². The highest BCUT2D eigenvalue weighted by Crippen LogP contribution is 2.45. The largest absolute Gasteiger partial charge is 0.444 e. The number of rotatable bonds is 12. The number of fused-ring (bicyclic) bond motifs is 6. The minimum atomic E-state index is -0.793. The Labute approximate surface area is 403 Å². The Morgan fingerprint density at radius 3 is 1.31 bits per heavy atom. The molecule has 6 aliphatic heterocycles. The average Bonchev–Trinajstić information content (AvgIpc) is 3.84. The number of methoxy groups -OCH3 is 3.